The summed E-state index contributed by atoms with van der Waals surface area (Å²) >= 11 is 0. The van der Waals surface area contributed by atoms with Crippen molar-refractivity contribution < 1.29 is 18.8 Å². The van der Waals surface area contributed by atoms with Crippen molar-refractivity contribution in [3.8, 4) is 0 Å². The Labute approximate surface area is 175 Å². The van der Waals surface area contributed by atoms with Gasteiger partial charge in [-0.25, -0.2) is 4.39 Å². The third-order valence-corrected chi connectivity index (χ3v) is 5.51. The van der Waals surface area contributed by atoms with E-state index in [1.165, 1.54) is 6.07 Å². The largest absolute Gasteiger partial charge is 0.343 e. The highest BCUT2D eigenvalue weighted by atomic mass is 19.1. The van der Waals surface area contributed by atoms with Gasteiger partial charge in [-0.2, -0.15) is 0 Å². The second kappa shape index (κ2) is 9.07. The normalized spacial score (nSPS) is 13.9. The zero-order chi connectivity index (χ0) is 21.8. The van der Waals surface area contributed by atoms with E-state index in [-0.39, 0.29) is 24.3 Å². The molecule has 0 aromatic heterocycles. The summed E-state index contributed by atoms with van der Waals surface area (Å²) in [6, 6.07) is 9.86. The number of nitrogens with zero attached hydrogens (tertiary/aromatic N) is 2. The monoisotopic (exact) mass is 411 g/mol. The molecule has 0 spiro atoms. The molecule has 0 unspecified atom stereocenters. The molecule has 3 rings (SSSR count). The van der Waals surface area contributed by atoms with Gasteiger partial charge in [-0.15, -0.1) is 0 Å². The van der Waals surface area contributed by atoms with E-state index in [4.69, 9.17) is 0 Å². The van der Waals surface area contributed by atoms with Gasteiger partial charge in [-0.1, -0.05) is 12.1 Å². The van der Waals surface area contributed by atoms with Crippen LogP contribution in [0.25, 0.3) is 0 Å². The van der Waals surface area contributed by atoms with Gasteiger partial charge in [0.05, 0.1) is 6.54 Å². The molecule has 0 bridgehead atoms. The van der Waals surface area contributed by atoms with Crippen molar-refractivity contribution in [1.82, 2.24) is 15.1 Å². The Bertz CT molecular complexity index is 982. The number of nitrogens with one attached hydrogen (secondary N) is 1. The minimum Gasteiger partial charge on any atom is -0.343 e. The van der Waals surface area contributed by atoms with Crippen LogP contribution < -0.4 is 5.32 Å². The summed E-state index contributed by atoms with van der Waals surface area (Å²) in [5.41, 5.74) is 3.43. The number of hydrogen-bond acceptors (Lipinski definition) is 3. The number of rotatable bonds is 4. The maximum atomic E-state index is 13.7. The number of halogens is 1. The molecular formula is C23H26FN3O3. The number of hydrogen-bond donors (Lipinski definition) is 1. The Balaban J connectivity index is 1.50. The van der Waals surface area contributed by atoms with Crippen LogP contribution >= 0.6 is 0 Å². The lowest BCUT2D eigenvalue weighted by Crippen LogP contribution is -2.52. The van der Waals surface area contributed by atoms with E-state index in [0.29, 0.717) is 42.9 Å². The molecule has 2 aromatic rings. The first kappa shape index (κ1) is 21.5. The van der Waals surface area contributed by atoms with Gasteiger partial charge >= 0.3 is 0 Å². The van der Waals surface area contributed by atoms with Crippen molar-refractivity contribution in [1.29, 1.82) is 0 Å². The van der Waals surface area contributed by atoms with E-state index in [0.717, 1.165) is 11.1 Å². The van der Waals surface area contributed by atoms with Crippen LogP contribution in [0.4, 0.5) is 4.39 Å². The molecule has 1 heterocycles. The Morgan fingerprint density at radius 3 is 2.07 bits per heavy atom. The fourth-order valence-electron chi connectivity index (χ4n) is 3.32. The van der Waals surface area contributed by atoms with Crippen LogP contribution in [0.15, 0.2) is 36.4 Å². The average Bonchev–Trinajstić information content (AvgIpc) is 2.75. The third kappa shape index (κ3) is 4.84. The van der Waals surface area contributed by atoms with E-state index in [9.17, 15) is 18.8 Å². The fourth-order valence-corrected chi connectivity index (χ4v) is 3.32. The molecule has 0 radical (unpaired) electrons. The van der Waals surface area contributed by atoms with E-state index >= 15 is 0 Å². The van der Waals surface area contributed by atoms with Crippen molar-refractivity contribution >= 4 is 17.7 Å². The molecule has 1 saturated heterocycles. The summed E-state index contributed by atoms with van der Waals surface area (Å²) in [6.45, 7) is 6.94. The molecule has 0 aliphatic carbocycles. The van der Waals surface area contributed by atoms with Gasteiger partial charge in [0.2, 0.25) is 5.91 Å². The third-order valence-electron chi connectivity index (χ3n) is 5.51. The number of aryl methyl sites for hydroxylation is 3. The van der Waals surface area contributed by atoms with E-state index in [1.54, 1.807) is 41.0 Å². The molecule has 7 heteroatoms. The lowest BCUT2D eigenvalue weighted by atomic mass is 10.1. The van der Waals surface area contributed by atoms with Gasteiger partial charge in [0.1, 0.15) is 5.82 Å². The molecule has 1 aliphatic rings. The Morgan fingerprint density at radius 1 is 0.833 bits per heavy atom. The minimum absolute atomic E-state index is 0.0944. The molecule has 2 aromatic carbocycles. The number of benzene rings is 2. The predicted molar refractivity (Wildman–Crippen MR) is 112 cm³/mol. The maximum Gasteiger partial charge on any atom is 0.254 e. The summed E-state index contributed by atoms with van der Waals surface area (Å²) in [5, 5.41) is 2.66. The number of carbonyl (C=O) groups excluding carboxylic acids is 3. The quantitative estimate of drug-likeness (QED) is 0.840. The van der Waals surface area contributed by atoms with Gasteiger partial charge in [0.25, 0.3) is 11.8 Å². The smallest absolute Gasteiger partial charge is 0.254 e. The van der Waals surface area contributed by atoms with E-state index < -0.39 is 5.82 Å². The maximum absolute atomic E-state index is 13.7. The molecular weight excluding hydrogens is 385 g/mol. The van der Waals surface area contributed by atoms with Crippen LogP contribution in [0.5, 0.6) is 0 Å². The molecule has 6 nitrogen and oxygen atoms in total. The van der Waals surface area contributed by atoms with Crippen LogP contribution in [0.1, 0.15) is 37.4 Å². The summed E-state index contributed by atoms with van der Waals surface area (Å²) in [4.78, 5) is 40.5. The minimum atomic E-state index is -0.408. The van der Waals surface area contributed by atoms with Crippen molar-refractivity contribution in [2.45, 2.75) is 20.8 Å². The summed E-state index contributed by atoms with van der Waals surface area (Å²) in [5.74, 6) is -1.14. The molecule has 1 aliphatic heterocycles. The van der Waals surface area contributed by atoms with Crippen molar-refractivity contribution in [3.05, 3.63) is 70.0 Å². The first-order valence-corrected chi connectivity index (χ1v) is 9.95. The predicted octanol–water partition coefficient (Wildman–Crippen LogP) is 2.47. The fraction of sp³-hybridized carbons (Fsp3) is 0.348. The van der Waals surface area contributed by atoms with Crippen LogP contribution in [-0.2, 0) is 4.79 Å². The zero-order valence-electron chi connectivity index (χ0n) is 17.5. The highest BCUT2D eigenvalue weighted by Gasteiger charge is 2.25. The van der Waals surface area contributed by atoms with E-state index in [1.807, 2.05) is 19.9 Å². The highest BCUT2D eigenvalue weighted by molar-refractivity contribution is 5.97. The molecule has 0 saturated carbocycles. The van der Waals surface area contributed by atoms with Crippen LogP contribution in [0, 0.1) is 26.6 Å². The summed E-state index contributed by atoms with van der Waals surface area (Å²) < 4.78 is 13.7. The molecule has 0 atom stereocenters. The van der Waals surface area contributed by atoms with Gasteiger partial charge < -0.3 is 15.1 Å². The average molecular weight is 411 g/mol. The standard InChI is InChI=1S/C23H26FN3O3/c1-15-4-6-18(12-17(15)3)22(29)25-14-21(28)26-8-10-27(11-9-26)23(30)19-7-5-16(2)20(24)13-19/h4-7,12-13H,8-11,14H2,1-3H3,(H,25,29). The van der Waals surface area contributed by atoms with Gasteiger partial charge in [-0.3, -0.25) is 14.4 Å². The first-order valence-electron chi connectivity index (χ1n) is 9.95. The van der Waals surface area contributed by atoms with Gasteiger partial charge in [0.15, 0.2) is 0 Å². The number of carbonyl (C=O) groups is 3. The molecule has 158 valence electrons. The Kier molecular flexibility index (Phi) is 6.50. The number of amides is 3. The molecule has 1 fully saturated rings. The van der Waals surface area contributed by atoms with Crippen molar-refractivity contribution in [2.75, 3.05) is 32.7 Å². The molecule has 1 N–H and O–H groups in total. The lowest BCUT2D eigenvalue weighted by Gasteiger charge is -2.35. The van der Waals surface area contributed by atoms with Crippen molar-refractivity contribution in [2.24, 2.45) is 0 Å². The van der Waals surface area contributed by atoms with Gasteiger partial charge in [-0.05, 0) is 61.7 Å². The molecule has 3 amide bonds. The number of piperazine rings is 1. The highest BCUT2D eigenvalue weighted by Crippen LogP contribution is 2.14. The van der Waals surface area contributed by atoms with Crippen LogP contribution in [0.3, 0.4) is 0 Å². The van der Waals surface area contributed by atoms with Gasteiger partial charge in [0, 0.05) is 37.3 Å². The van der Waals surface area contributed by atoms with Crippen molar-refractivity contribution in [3.63, 3.8) is 0 Å². The first-order chi connectivity index (χ1) is 14.3. The SMILES string of the molecule is Cc1ccc(C(=O)NCC(=O)N2CCN(C(=O)c3ccc(C)c(F)c3)CC2)cc1C. The topological polar surface area (TPSA) is 69.7 Å². The molecule has 30 heavy (non-hydrogen) atoms. The van der Waals surface area contributed by atoms with Crippen LogP contribution in [-0.4, -0.2) is 60.2 Å². The second-order valence-electron chi connectivity index (χ2n) is 7.62. The van der Waals surface area contributed by atoms with E-state index in [2.05, 4.69) is 5.32 Å². The Morgan fingerprint density at radius 2 is 1.43 bits per heavy atom. The zero-order valence-corrected chi connectivity index (χ0v) is 17.5. The Hall–Kier alpha value is -3.22. The lowest BCUT2D eigenvalue weighted by molar-refractivity contribution is -0.131. The summed E-state index contributed by atoms with van der Waals surface area (Å²) in [6.07, 6.45) is 0. The summed E-state index contributed by atoms with van der Waals surface area (Å²) in [7, 11) is 0. The second-order valence-corrected chi connectivity index (χ2v) is 7.62. The van der Waals surface area contributed by atoms with Crippen LogP contribution in [0.2, 0.25) is 0 Å².